The maximum Gasteiger partial charge on any atom is 0.192 e. The van der Waals surface area contributed by atoms with Gasteiger partial charge in [-0.3, -0.25) is 0 Å². The molecule has 0 bridgehead atoms. The molecule has 2 N–H and O–H groups in total. The predicted octanol–water partition coefficient (Wildman–Crippen LogP) is 3.13. The SMILES string of the molecule is Cc1ccnc(Sc2ccc(CC(C)N)c(C)c2)n1. The van der Waals surface area contributed by atoms with E-state index in [4.69, 9.17) is 5.73 Å². The zero-order valence-electron chi connectivity index (χ0n) is 11.6. The van der Waals surface area contributed by atoms with Crippen molar-refractivity contribution >= 4 is 11.8 Å². The van der Waals surface area contributed by atoms with Crippen molar-refractivity contribution in [3.8, 4) is 0 Å². The molecule has 0 aliphatic rings. The Hall–Kier alpha value is -1.39. The van der Waals surface area contributed by atoms with Gasteiger partial charge in [0.2, 0.25) is 0 Å². The van der Waals surface area contributed by atoms with Crippen LogP contribution in [-0.4, -0.2) is 16.0 Å². The lowest BCUT2D eigenvalue weighted by Crippen LogP contribution is -2.18. The molecule has 1 unspecified atom stereocenters. The third-order valence-corrected chi connectivity index (χ3v) is 3.71. The summed E-state index contributed by atoms with van der Waals surface area (Å²) in [6.45, 7) is 6.13. The van der Waals surface area contributed by atoms with Crippen LogP contribution in [0.2, 0.25) is 0 Å². The van der Waals surface area contributed by atoms with Crippen LogP contribution in [0.5, 0.6) is 0 Å². The largest absolute Gasteiger partial charge is 0.328 e. The predicted molar refractivity (Wildman–Crippen MR) is 79.4 cm³/mol. The van der Waals surface area contributed by atoms with E-state index in [2.05, 4.69) is 35.1 Å². The van der Waals surface area contributed by atoms with E-state index in [1.54, 1.807) is 18.0 Å². The maximum absolute atomic E-state index is 5.85. The van der Waals surface area contributed by atoms with Gasteiger partial charge >= 0.3 is 0 Å². The van der Waals surface area contributed by atoms with Crippen molar-refractivity contribution in [1.29, 1.82) is 0 Å². The first-order valence-corrected chi connectivity index (χ1v) is 7.19. The number of benzene rings is 1. The fourth-order valence-corrected chi connectivity index (χ4v) is 2.77. The van der Waals surface area contributed by atoms with Crippen LogP contribution in [-0.2, 0) is 6.42 Å². The lowest BCUT2D eigenvalue weighted by atomic mass is 10.0. The highest BCUT2D eigenvalue weighted by Gasteiger charge is 2.05. The van der Waals surface area contributed by atoms with Gasteiger partial charge in [-0.25, -0.2) is 9.97 Å². The molecule has 1 aromatic heterocycles. The molecule has 4 heteroatoms. The van der Waals surface area contributed by atoms with Crippen LogP contribution in [0.4, 0.5) is 0 Å². The Bertz CT molecular complexity index is 567. The number of nitrogens with two attached hydrogens (primary N) is 1. The molecule has 1 heterocycles. The summed E-state index contributed by atoms with van der Waals surface area (Å²) in [5.74, 6) is 0. The van der Waals surface area contributed by atoms with E-state index in [1.165, 1.54) is 11.1 Å². The third-order valence-electron chi connectivity index (χ3n) is 2.84. The number of hydrogen-bond acceptors (Lipinski definition) is 4. The first-order valence-electron chi connectivity index (χ1n) is 6.37. The highest BCUT2D eigenvalue weighted by Crippen LogP contribution is 2.26. The summed E-state index contributed by atoms with van der Waals surface area (Å²) in [4.78, 5) is 9.83. The van der Waals surface area contributed by atoms with E-state index < -0.39 is 0 Å². The number of hydrogen-bond donors (Lipinski definition) is 1. The molecule has 100 valence electrons. The molecule has 0 saturated carbocycles. The van der Waals surface area contributed by atoms with Crippen LogP contribution in [0.25, 0.3) is 0 Å². The molecule has 0 radical (unpaired) electrons. The highest BCUT2D eigenvalue weighted by atomic mass is 32.2. The minimum Gasteiger partial charge on any atom is -0.328 e. The minimum absolute atomic E-state index is 0.192. The molecule has 2 aromatic rings. The Balaban J connectivity index is 2.16. The van der Waals surface area contributed by atoms with Crippen molar-refractivity contribution in [2.45, 2.75) is 43.3 Å². The summed E-state index contributed by atoms with van der Waals surface area (Å²) < 4.78 is 0. The van der Waals surface area contributed by atoms with Crippen molar-refractivity contribution in [1.82, 2.24) is 9.97 Å². The van der Waals surface area contributed by atoms with Gasteiger partial charge in [-0.15, -0.1) is 0 Å². The average molecular weight is 273 g/mol. The Morgan fingerprint density at radius 3 is 2.68 bits per heavy atom. The van der Waals surface area contributed by atoms with Crippen LogP contribution >= 0.6 is 11.8 Å². The second-order valence-electron chi connectivity index (χ2n) is 4.85. The Kier molecular flexibility index (Phi) is 4.56. The lowest BCUT2D eigenvalue weighted by molar-refractivity contribution is 0.734. The molecular weight excluding hydrogens is 254 g/mol. The second kappa shape index (κ2) is 6.17. The summed E-state index contributed by atoms with van der Waals surface area (Å²) >= 11 is 1.59. The number of aryl methyl sites for hydroxylation is 2. The van der Waals surface area contributed by atoms with Gasteiger partial charge in [0, 0.05) is 22.8 Å². The molecule has 0 amide bonds. The second-order valence-corrected chi connectivity index (χ2v) is 5.89. The van der Waals surface area contributed by atoms with E-state index >= 15 is 0 Å². The molecule has 0 saturated heterocycles. The van der Waals surface area contributed by atoms with E-state index in [9.17, 15) is 0 Å². The standard InChI is InChI=1S/C15H19N3S/c1-10-8-14(5-4-13(10)9-11(2)16)19-15-17-7-6-12(3)18-15/h4-8,11H,9,16H2,1-3H3. The van der Waals surface area contributed by atoms with Gasteiger partial charge in [-0.2, -0.15) is 0 Å². The highest BCUT2D eigenvalue weighted by molar-refractivity contribution is 7.99. The molecule has 0 aliphatic heterocycles. The first kappa shape index (κ1) is 14.0. The summed E-state index contributed by atoms with van der Waals surface area (Å²) in [6, 6.07) is 8.53. The molecule has 2 rings (SSSR count). The lowest BCUT2D eigenvalue weighted by Gasteiger charge is -2.10. The summed E-state index contributed by atoms with van der Waals surface area (Å²) in [5.41, 5.74) is 9.42. The van der Waals surface area contributed by atoms with Crippen LogP contribution in [0.3, 0.4) is 0 Å². The van der Waals surface area contributed by atoms with Gasteiger partial charge in [-0.05, 0) is 68.3 Å². The summed E-state index contributed by atoms with van der Waals surface area (Å²) in [7, 11) is 0. The number of nitrogens with zero attached hydrogens (tertiary/aromatic N) is 2. The maximum atomic E-state index is 5.85. The molecule has 0 fully saturated rings. The van der Waals surface area contributed by atoms with Crippen molar-refractivity contribution in [3.63, 3.8) is 0 Å². The fourth-order valence-electron chi connectivity index (χ4n) is 1.89. The first-order chi connectivity index (χ1) is 9.04. The Morgan fingerprint density at radius 1 is 1.26 bits per heavy atom. The van der Waals surface area contributed by atoms with E-state index in [-0.39, 0.29) is 6.04 Å². The molecular formula is C15H19N3S. The monoisotopic (exact) mass is 273 g/mol. The van der Waals surface area contributed by atoms with E-state index in [0.717, 1.165) is 22.2 Å². The van der Waals surface area contributed by atoms with Crippen LogP contribution in [0.15, 0.2) is 40.5 Å². The smallest absolute Gasteiger partial charge is 0.192 e. The van der Waals surface area contributed by atoms with Crippen LogP contribution in [0, 0.1) is 13.8 Å². The zero-order valence-corrected chi connectivity index (χ0v) is 12.4. The third kappa shape index (κ3) is 4.04. The van der Waals surface area contributed by atoms with Crippen LogP contribution < -0.4 is 5.73 Å². The molecule has 19 heavy (non-hydrogen) atoms. The van der Waals surface area contributed by atoms with Gasteiger partial charge in [0.05, 0.1) is 0 Å². The van der Waals surface area contributed by atoms with Gasteiger partial charge in [0.15, 0.2) is 5.16 Å². The number of aromatic nitrogens is 2. The van der Waals surface area contributed by atoms with Crippen molar-refractivity contribution in [3.05, 3.63) is 47.3 Å². The molecule has 3 nitrogen and oxygen atoms in total. The molecule has 0 spiro atoms. The Labute approximate surface area is 118 Å². The average Bonchev–Trinajstić information content (AvgIpc) is 2.32. The Morgan fingerprint density at radius 2 is 2.05 bits per heavy atom. The normalized spacial score (nSPS) is 12.4. The summed E-state index contributed by atoms with van der Waals surface area (Å²) in [6.07, 6.45) is 2.71. The fraction of sp³-hybridized carbons (Fsp3) is 0.333. The van der Waals surface area contributed by atoms with E-state index in [1.807, 2.05) is 19.9 Å². The van der Waals surface area contributed by atoms with Gasteiger partial charge in [-0.1, -0.05) is 6.07 Å². The summed E-state index contributed by atoms with van der Waals surface area (Å²) in [5, 5.41) is 0.791. The molecule has 0 aliphatic carbocycles. The van der Waals surface area contributed by atoms with Crippen molar-refractivity contribution in [2.24, 2.45) is 5.73 Å². The van der Waals surface area contributed by atoms with Gasteiger partial charge in [0.1, 0.15) is 0 Å². The zero-order chi connectivity index (χ0) is 13.8. The van der Waals surface area contributed by atoms with Gasteiger partial charge in [0.25, 0.3) is 0 Å². The number of rotatable bonds is 4. The molecule has 1 atom stereocenters. The van der Waals surface area contributed by atoms with Crippen LogP contribution in [0.1, 0.15) is 23.7 Å². The van der Waals surface area contributed by atoms with Crippen molar-refractivity contribution in [2.75, 3.05) is 0 Å². The van der Waals surface area contributed by atoms with E-state index in [0.29, 0.717) is 0 Å². The topological polar surface area (TPSA) is 51.8 Å². The molecule has 1 aromatic carbocycles. The quantitative estimate of drug-likeness (QED) is 0.870. The van der Waals surface area contributed by atoms with Gasteiger partial charge < -0.3 is 5.73 Å². The minimum atomic E-state index is 0.192. The van der Waals surface area contributed by atoms with Crippen molar-refractivity contribution < 1.29 is 0 Å².